The zero-order valence-electron chi connectivity index (χ0n) is 18.6. The van der Waals surface area contributed by atoms with Crippen LogP contribution in [0.5, 0.6) is 0 Å². The lowest BCUT2D eigenvalue weighted by molar-refractivity contribution is -0.128. The van der Waals surface area contributed by atoms with Gasteiger partial charge in [-0.1, -0.05) is 84.9 Å². The molecule has 34 heavy (non-hydrogen) atoms. The first kappa shape index (κ1) is 24.9. The van der Waals surface area contributed by atoms with Crippen LogP contribution in [0.2, 0.25) is 0 Å². The maximum absolute atomic E-state index is 13.1. The number of ether oxygens (including phenoxy) is 1. The summed E-state index contributed by atoms with van der Waals surface area (Å²) in [6, 6.07) is 24.1. The minimum absolute atomic E-state index is 0.0701. The van der Waals surface area contributed by atoms with E-state index in [1.54, 1.807) is 0 Å². The van der Waals surface area contributed by atoms with Crippen molar-refractivity contribution < 1.29 is 19.1 Å². The second-order valence-corrected chi connectivity index (χ2v) is 8.52. The van der Waals surface area contributed by atoms with Crippen LogP contribution in [0.4, 0.5) is 4.79 Å². The van der Waals surface area contributed by atoms with Gasteiger partial charge in [0.15, 0.2) is 0 Å². The Balaban J connectivity index is 1.70. The summed E-state index contributed by atoms with van der Waals surface area (Å²) in [5, 5.41) is 6.31. The van der Waals surface area contributed by atoms with Crippen molar-refractivity contribution in [2.45, 2.75) is 31.5 Å². The highest BCUT2D eigenvalue weighted by Crippen LogP contribution is 2.08. The molecule has 0 saturated carbocycles. The summed E-state index contributed by atoms with van der Waals surface area (Å²) in [5.74, 6) is -1.18. The van der Waals surface area contributed by atoms with E-state index in [4.69, 9.17) is 10.5 Å². The minimum Gasteiger partial charge on any atom is -0.445 e. The Labute approximate surface area is 201 Å². The molecule has 0 aliphatic rings. The van der Waals surface area contributed by atoms with Crippen molar-refractivity contribution in [2.24, 2.45) is 5.73 Å². The van der Waals surface area contributed by atoms with Crippen LogP contribution < -0.4 is 21.7 Å². The van der Waals surface area contributed by atoms with Crippen molar-refractivity contribution in [3.8, 4) is 0 Å². The number of carbonyl (C=O) groups is 3. The van der Waals surface area contributed by atoms with E-state index in [1.165, 1.54) is 0 Å². The average Bonchev–Trinajstić information content (AvgIpc) is 2.84. The number of primary amides is 1. The summed E-state index contributed by atoms with van der Waals surface area (Å²) in [7, 11) is 2.60. The van der Waals surface area contributed by atoms with Gasteiger partial charge < -0.3 is 21.1 Å². The number of rotatable bonds is 10. The molecule has 0 aromatic heterocycles. The van der Waals surface area contributed by atoms with Crippen LogP contribution in [-0.2, 0) is 33.8 Å². The SMILES string of the molecule is NC(=O)[C@H](Cc1ccccc1)NC(=O)C(Cc1ccc(P)cc1)NC(=O)OCc1ccccc1. The van der Waals surface area contributed by atoms with E-state index >= 15 is 0 Å². The first-order valence-corrected chi connectivity index (χ1v) is 11.4. The van der Waals surface area contributed by atoms with Gasteiger partial charge in [0.1, 0.15) is 18.7 Å². The molecule has 3 amide bonds. The van der Waals surface area contributed by atoms with Crippen molar-refractivity contribution >= 4 is 32.5 Å². The number of hydrogen-bond donors (Lipinski definition) is 3. The van der Waals surface area contributed by atoms with Gasteiger partial charge in [0, 0.05) is 12.8 Å². The Kier molecular flexibility index (Phi) is 9.18. The number of alkyl carbamates (subject to hydrolysis) is 1. The molecule has 7 nitrogen and oxygen atoms in total. The normalized spacial score (nSPS) is 12.3. The van der Waals surface area contributed by atoms with Crippen molar-refractivity contribution in [2.75, 3.05) is 0 Å². The second-order valence-electron chi connectivity index (χ2n) is 7.86. The molecule has 0 aliphatic heterocycles. The molecule has 0 spiro atoms. The number of carbonyl (C=O) groups excluding carboxylic acids is 3. The third-order valence-electron chi connectivity index (χ3n) is 5.18. The van der Waals surface area contributed by atoms with Crippen LogP contribution in [-0.4, -0.2) is 30.0 Å². The topological polar surface area (TPSA) is 111 Å². The van der Waals surface area contributed by atoms with Gasteiger partial charge in [0.05, 0.1) is 0 Å². The second kappa shape index (κ2) is 12.5. The van der Waals surface area contributed by atoms with Gasteiger partial charge in [-0.3, -0.25) is 9.59 Å². The van der Waals surface area contributed by atoms with Gasteiger partial charge >= 0.3 is 6.09 Å². The van der Waals surface area contributed by atoms with Crippen LogP contribution in [0.15, 0.2) is 84.9 Å². The van der Waals surface area contributed by atoms with Crippen LogP contribution in [0, 0.1) is 0 Å². The first-order valence-electron chi connectivity index (χ1n) is 10.9. The molecule has 3 atom stereocenters. The molecule has 3 rings (SSSR count). The van der Waals surface area contributed by atoms with E-state index in [-0.39, 0.29) is 19.4 Å². The zero-order chi connectivity index (χ0) is 24.3. The first-order chi connectivity index (χ1) is 16.4. The van der Waals surface area contributed by atoms with Gasteiger partial charge in [0.2, 0.25) is 11.8 Å². The van der Waals surface area contributed by atoms with E-state index in [9.17, 15) is 14.4 Å². The van der Waals surface area contributed by atoms with Crippen molar-refractivity contribution in [1.29, 1.82) is 0 Å². The Hall–Kier alpha value is -3.70. The predicted molar refractivity (Wildman–Crippen MR) is 134 cm³/mol. The highest BCUT2D eigenvalue weighted by Gasteiger charge is 2.26. The van der Waals surface area contributed by atoms with Gasteiger partial charge in [-0.15, -0.1) is 9.24 Å². The van der Waals surface area contributed by atoms with E-state index in [1.807, 2.05) is 84.9 Å². The molecule has 176 valence electrons. The number of hydrogen-bond acceptors (Lipinski definition) is 4. The molecule has 3 aromatic carbocycles. The Morgan fingerprint density at radius 3 is 1.85 bits per heavy atom. The van der Waals surface area contributed by atoms with Crippen molar-refractivity contribution in [3.05, 3.63) is 102 Å². The Morgan fingerprint density at radius 2 is 1.26 bits per heavy atom. The molecule has 0 bridgehead atoms. The van der Waals surface area contributed by atoms with E-state index < -0.39 is 30.0 Å². The molecule has 0 aliphatic carbocycles. The molecular weight excluding hydrogens is 449 g/mol. The third kappa shape index (κ3) is 8.01. The van der Waals surface area contributed by atoms with Gasteiger partial charge in [-0.25, -0.2) is 4.79 Å². The summed E-state index contributed by atoms with van der Waals surface area (Å²) < 4.78 is 5.29. The molecule has 8 heteroatoms. The summed E-state index contributed by atoms with van der Waals surface area (Å²) in [6.07, 6.45) is -0.270. The fourth-order valence-corrected chi connectivity index (χ4v) is 3.54. The molecule has 3 aromatic rings. The van der Waals surface area contributed by atoms with Crippen LogP contribution in [0.1, 0.15) is 16.7 Å². The number of nitrogens with one attached hydrogen (secondary N) is 2. The van der Waals surface area contributed by atoms with E-state index in [2.05, 4.69) is 19.9 Å². The van der Waals surface area contributed by atoms with Crippen molar-refractivity contribution in [3.63, 3.8) is 0 Å². The van der Waals surface area contributed by atoms with Gasteiger partial charge in [0.25, 0.3) is 0 Å². The molecule has 0 radical (unpaired) electrons. The third-order valence-corrected chi connectivity index (χ3v) is 5.57. The van der Waals surface area contributed by atoms with Gasteiger partial charge in [-0.05, 0) is 22.0 Å². The number of benzene rings is 3. The van der Waals surface area contributed by atoms with Crippen molar-refractivity contribution in [1.82, 2.24) is 10.6 Å². The van der Waals surface area contributed by atoms with E-state index in [0.29, 0.717) is 0 Å². The Morgan fingerprint density at radius 1 is 0.735 bits per heavy atom. The van der Waals surface area contributed by atoms with Crippen LogP contribution in [0.25, 0.3) is 0 Å². The maximum atomic E-state index is 13.1. The predicted octanol–water partition coefficient (Wildman–Crippen LogP) is 2.24. The smallest absolute Gasteiger partial charge is 0.408 e. The minimum atomic E-state index is -0.962. The molecule has 0 heterocycles. The fraction of sp³-hybridized carbons (Fsp3) is 0.192. The molecule has 2 unspecified atom stereocenters. The largest absolute Gasteiger partial charge is 0.445 e. The molecule has 0 saturated heterocycles. The quantitative estimate of drug-likeness (QED) is 0.389. The lowest BCUT2D eigenvalue weighted by atomic mass is 10.0. The summed E-state index contributed by atoms with van der Waals surface area (Å²) >= 11 is 0. The molecule has 4 N–H and O–H groups in total. The highest BCUT2D eigenvalue weighted by molar-refractivity contribution is 7.27. The lowest BCUT2D eigenvalue weighted by Gasteiger charge is -2.22. The van der Waals surface area contributed by atoms with Crippen LogP contribution >= 0.6 is 9.24 Å². The Bertz CT molecular complexity index is 1090. The summed E-state index contributed by atoms with van der Waals surface area (Å²) in [4.78, 5) is 37.6. The lowest BCUT2D eigenvalue weighted by Crippen LogP contribution is -2.54. The highest BCUT2D eigenvalue weighted by atomic mass is 31.0. The molecular formula is C26H28N3O4P. The summed E-state index contributed by atoms with van der Waals surface area (Å²) in [5.41, 5.74) is 8.07. The maximum Gasteiger partial charge on any atom is 0.408 e. The zero-order valence-corrected chi connectivity index (χ0v) is 19.8. The number of amides is 3. The summed E-state index contributed by atoms with van der Waals surface area (Å²) in [6.45, 7) is 0.0701. The van der Waals surface area contributed by atoms with Crippen LogP contribution in [0.3, 0.4) is 0 Å². The number of nitrogens with two attached hydrogens (primary N) is 1. The monoisotopic (exact) mass is 477 g/mol. The average molecular weight is 478 g/mol. The fourth-order valence-electron chi connectivity index (χ4n) is 3.35. The standard InChI is InChI=1S/C26H28N3O4P/c27-24(30)22(15-18-7-3-1-4-8-18)28-25(31)23(16-19-11-13-21(34)14-12-19)29-26(32)33-17-20-9-5-2-6-10-20/h1-14,22-23H,15-17,34H2,(H2,27,30)(H,28,31)(H,29,32)/t22-,23?/m0/s1. The van der Waals surface area contributed by atoms with E-state index in [0.717, 1.165) is 22.0 Å². The molecule has 0 fully saturated rings. The van der Waals surface area contributed by atoms with Gasteiger partial charge in [-0.2, -0.15) is 0 Å².